The molecule has 1 aromatic carbocycles. The molecule has 4 rings (SSSR count). The minimum absolute atomic E-state index is 0.107. The smallest absolute Gasteiger partial charge is 0.321 e. The lowest BCUT2D eigenvalue weighted by atomic mass is 10.2. The third-order valence-corrected chi connectivity index (χ3v) is 4.62. The van der Waals surface area contributed by atoms with Crippen molar-refractivity contribution < 1.29 is 14.0 Å². The predicted octanol–water partition coefficient (Wildman–Crippen LogP) is 3.19. The van der Waals surface area contributed by atoms with E-state index in [1.165, 1.54) is 11.3 Å². The highest BCUT2D eigenvalue weighted by Gasteiger charge is 2.21. The molecule has 0 bridgehead atoms. The minimum Gasteiger partial charge on any atom is -0.462 e. The molecule has 0 aliphatic carbocycles. The number of nitrogens with one attached hydrogen (secondary N) is 2. The fourth-order valence-electron chi connectivity index (χ4n) is 2.53. The number of hydrogen-bond acceptors (Lipinski definition) is 5. The van der Waals surface area contributed by atoms with Crippen LogP contribution in [0.1, 0.15) is 10.5 Å². The Morgan fingerprint density at radius 3 is 2.80 bits per heavy atom. The SMILES string of the molecule is O=C(Nc1ccc(N2CCNC2=O)cc1)c1csc(-c2ccco2)n1. The zero-order valence-electron chi connectivity index (χ0n) is 13.1. The van der Waals surface area contributed by atoms with Gasteiger partial charge in [-0.3, -0.25) is 9.69 Å². The van der Waals surface area contributed by atoms with Gasteiger partial charge in [-0.05, 0) is 36.4 Å². The second-order valence-electron chi connectivity index (χ2n) is 5.40. The van der Waals surface area contributed by atoms with Gasteiger partial charge in [-0.25, -0.2) is 9.78 Å². The molecule has 3 aromatic rings. The monoisotopic (exact) mass is 354 g/mol. The number of thiazole rings is 1. The first-order chi connectivity index (χ1) is 12.2. The molecule has 25 heavy (non-hydrogen) atoms. The van der Waals surface area contributed by atoms with Gasteiger partial charge in [-0.1, -0.05) is 0 Å². The summed E-state index contributed by atoms with van der Waals surface area (Å²) >= 11 is 1.35. The van der Waals surface area contributed by atoms with Crippen molar-refractivity contribution in [3.8, 4) is 10.8 Å². The number of nitrogens with zero attached hydrogens (tertiary/aromatic N) is 2. The maximum absolute atomic E-state index is 12.3. The highest BCUT2D eigenvalue weighted by atomic mass is 32.1. The van der Waals surface area contributed by atoms with E-state index >= 15 is 0 Å². The minimum atomic E-state index is -0.291. The fraction of sp³-hybridized carbons (Fsp3) is 0.118. The van der Waals surface area contributed by atoms with Crippen molar-refractivity contribution in [1.82, 2.24) is 10.3 Å². The summed E-state index contributed by atoms with van der Waals surface area (Å²) in [7, 11) is 0. The Bertz CT molecular complexity index is 902. The van der Waals surface area contributed by atoms with Crippen LogP contribution in [0.2, 0.25) is 0 Å². The van der Waals surface area contributed by atoms with Gasteiger partial charge in [0.05, 0.1) is 6.26 Å². The summed E-state index contributed by atoms with van der Waals surface area (Å²) in [5, 5.41) is 7.90. The van der Waals surface area contributed by atoms with E-state index in [-0.39, 0.29) is 11.9 Å². The van der Waals surface area contributed by atoms with Gasteiger partial charge in [0.15, 0.2) is 10.8 Å². The predicted molar refractivity (Wildman–Crippen MR) is 95.0 cm³/mol. The molecule has 0 saturated carbocycles. The average molecular weight is 354 g/mol. The van der Waals surface area contributed by atoms with Crippen molar-refractivity contribution >= 4 is 34.6 Å². The topological polar surface area (TPSA) is 87.5 Å². The van der Waals surface area contributed by atoms with Crippen LogP contribution in [0.15, 0.2) is 52.5 Å². The molecule has 1 aliphatic rings. The van der Waals surface area contributed by atoms with Crippen LogP contribution in [-0.2, 0) is 0 Å². The van der Waals surface area contributed by atoms with Crippen LogP contribution in [0.3, 0.4) is 0 Å². The van der Waals surface area contributed by atoms with Gasteiger partial charge >= 0.3 is 6.03 Å². The van der Waals surface area contributed by atoms with Crippen molar-refractivity contribution in [2.75, 3.05) is 23.3 Å². The Labute approximate surface area is 147 Å². The quantitative estimate of drug-likeness (QED) is 0.753. The lowest BCUT2D eigenvalue weighted by Gasteiger charge is -2.14. The molecule has 1 saturated heterocycles. The van der Waals surface area contributed by atoms with Gasteiger partial charge in [-0.2, -0.15) is 0 Å². The van der Waals surface area contributed by atoms with Crippen LogP contribution >= 0.6 is 11.3 Å². The number of amides is 3. The van der Waals surface area contributed by atoms with Gasteiger partial charge in [0, 0.05) is 29.8 Å². The fourth-order valence-corrected chi connectivity index (χ4v) is 3.30. The highest BCUT2D eigenvalue weighted by molar-refractivity contribution is 7.13. The number of urea groups is 1. The van der Waals surface area contributed by atoms with E-state index < -0.39 is 0 Å². The third kappa shape index (κ3) is 3.11. The van der Waals surface area contributed by atoms with Crippen LogP contribution in [-0.4, -0.2) is 30.0 Å². The second kappa shape index (κ2) is 6.40. The molecule has 2 aromatic heterocycles. The zero-order valence-corrected chi connectivity index (χ0v) is 13.9. The van der Waals surface area contributed by atoms with E-state index in [9.17, 15) is 9.59 Å². The van der Waals surface area contributed by atoms with Crippen LogP contribution in [0, 0.1) is 0 Å². The summed E-state index contributed by atoms with van der Waals surface area (Å²) < 4.78 is 5.28. The summed E-state index contributed by atoms with van der Waals surface area (Å²) in [4.78, 5) is 29.9. The third-order valence-electron chi connectivity index (χ3n) is 3.76. The molecule has 1 fully saturated rings. The number of rotatable bonds is 4. The van der Waals surface area contributed by atoms with Gasteiger partial charge in [0.1, 0.15) is 5.69 Å². The number of benzene rings is 1. The normalized spacial score (nSPS) is 13.8. The Balaban J connectivity index is 1.45. The molecule has 7 nitrogen and oxygen atoms in total. The van der Waals surface area contributed by atoms with E-state index in [1.807, 2.05) is 0 Å². The lowest BCUT2D eigenvalue weighted by Crippen LogP contribution is -2.27. The molecule has 1 aliphatic heterocycles. The number of hydrogen-bond donors (Lipinski definition) is 2. The average Bonchev–Trinajstić information content (AvgIpc) is 3.36. The highest BCUT2D eigenvalue weighted by Crippen LogP contribution is 2.25. The Morgan fingerprint density at radius 1 is 1.28 bits per heavy atom. The van der Waals surface area contributed by atoms with E-state index in [0.29, 0.717) is 35.2 Å². The molecule has 0 atom stereocenters. The van der Waals surface area contributed by atoms with E-state index in [4.69, 9.17) is 4.42 Å². The summed E-state index contributed by atoms with van der Waals surface area (Å²) in [6.07, 6.45) is 1.57. The molecule has 126 valence electrons. The molecular weight excluding hydrogens is 340 g/mol. The molecule has 0 spiro atoms. The van der Waals surface area contributed by atoms with Crippen molar-refractivity contribution in [3.63, 3.8) is 0 Å². The van der Waals surface area contributed by atoms with E-state index in [0.717, 1.165) is 5.69 Å². The summed E-state index contributed by atoms with van der Waals surface area (Å²) in [6, 6.07) is 10.6. The van der Waals surface area contributed by atoms with Crippen LogP contribution in [0.4, 0.5) is 16.2 Å². The standard InChI is InChI=1S/C17H14N4O3S/c22-15(13-10-25-16(20-13)14-2-1-9-24-14)19-11-3-5-12(6-4-11)21-8-7-18-17(21)23/h1-6,9-10H,7-8H2,(H,18,23)(H,19,22). The van der Waals surface area contributed by atoms with Crippen LogP contribution in [0.25, 0.3) is 10.8 Å². The number of carbonyl (C=O) groups is 2. The first kappa shape index (κ1) is 15.4. The van der Waals surface area contributed by atoms with Crippen molar-refractivity contribution in [2.45, 2.75) is 0 Å². The number of furan rings is 1. The Morgan fingerprint density at radius 2 is 2.12 bits per heavy atom. The second-order valence-corrected chi connectivity index (χ2v) is 6.26. The van der Waals surface area contributed by atoms with Crippen LogP contribution < -0.4 is 15.5 Å². The van der Waals surface area contributed by atoms with Crippen molar-refractivity contribution in [2.24, 2.45) is 0 Å². The molecule has 3 amide bonds. The maximum atomic E-state index is 12.3. The zero-order chi connectivity index (χ0) is 17.2. The molecule has 3 heterocycles. The van der Waals surface area contributed by atoms with Gasteiger partial charge in [0.25, 0.3) is 5.91 Å². The van der Waals surface area contributed by atoms with Crippen molar-refractivity contribution in [1.29, 1.82) is 0 Å². The largest absolute Gasteiger partial charge is 0.462 e. The summed E-state index contributed by atoms with van der Waals surface area (Å²) in [5.41, 5.74) is 1.77. The molecule has 0 unspecified atom stereocenters. The van der Waals surface area contributed by atoms with Gasteiger partial charge < -0.3 is 15.1 Å². The number of carbonyl (C=O) groups excluding carboxylic acids is 2. The molecular formula is C17H14N4O3S. The first-order valence-electron chi connectivity index (χ1n) is 7.67. The molecule has 2 N–H and O–H groups in total. The van der Waals surface area contributed by atoms with E-state index in [1.54, 1.807) is 52.9 Å². The number of aromatic nitrogens is 1. The van der Waals surface area contributed by atoms with E-state index in [2.05, 4.69) is 15.6 Å². The first-order valence-corrected chi connectivity index (χ1v) is 8.55. The number of anilines is 2. The van der Waals surface area contributed by atoms with Crippen LogP contribution in [0.5, 0.6) is 0 Å². The Kier molecular flexibility index (Phi) is 3.95. The summed E-state index contributed by atoms with van der Waals surface area (Å²) in [6.45, 7) is 1.28. The molecule has 0 radical (unpaired) electrons. The maximum Gasteiger partial charge on any atom is 0.321 e. The lowest BCUT2D eigenvalue weighted by molar-refractivity contribution is 0.102. The van der Waals surface area contributed by atoms with Crippen molar-refractivity contribution in [3.05, 3.63) is 53.7 Å². The Hall–Kier alpha value is -3.13. The van der Waals surface area contributed by atoms with Gasteiger partial charge in [-0.15, -0.1) is 11.3 Å². The summed E-state index contributed by atoms with van der Waals surface area (Å²) in [5.74, 6) is 0.345. The molecule has 8 heteroatoms. The van der Waals surface area contributed by atoms with Gasteiger partial charge in [0.2, 0.25) is 0 Å².